The highest BCUT2D eigenvalue weighted by Gasteiger charge is 2.42. The molecule has 3 fully saturated rings. The number of ether oxygens (including phenoxy) is 1. The van der Waals surface area contributed by atoms with E-state index in [1.165, 1.54) is 57.8 Å². The molecule has 1 spiro atoms. The van der Waals surface area contributed by atoms with Gasteiger partial charge in [0.2, 0.25) is 0 Å². The van der Waals surface area contributed by atoms with Gasteiger partial charge in [0.15, 0.2) is 0 Å². The Bertz CT molecular complexity index is 357. The van der Waals surface area contributed by atoms with Crippen molar-refractivity contribution < 1.29 is 9.53 Å². The largest absolute Gasteiger partial charge is 0.372 e. The van der Waals surface area contributed by atoms with E-state index in [2.05, 4.69) is 6.92 Å². The van der Waals surface area contributed by atoms with Gasteiger partial charge in [-0.05, 0) is 50.9 Å². The Kier molecular flexibility index (Phi) is 5.03. The molecule has 0 aromatic rings. The number of carbonyl (C=O) groups excluding carboxylic acids is 1. The molecular weight excluding hydrogens is 260 g/mol. The van der Waals surface area contributed by atoms with E-state index in [4.69, 9.17) is 4.74 Å². The van der Waals surface area contributed by atoms with Crippen LogP contribution in [0, 0.1) is 11.8 Å². The van der Waals surface area contributed by atoms with Crippen LogP contribution in [0.25, 0.3) is 0 Å². The van der Waals surface area contributed by atoms with Gasteiger partial charge in [-0.15, -0.1) is 0 Å². The van der Waals surface area contributed by atoms with Crippen LogP contribution in [0.1, 0.15) is 90.4 Å². The Balaban J connectivity index is 1.52. The van der Waals surface area contributed by atoms with Gasteiger partial charge in [-0.2, -0.15) is 0 Å². The van der Waals surface area contributed by atoms with Gasteiger partial charge in [0.25, 0.3) is 0 Å². The maximum absolute atomic E-state index is 12.2. The van der Waals surface area contributed by atoms with Crippen LogP contribution in [0.4, 0.5) is 0 Å². The second-order valence-corrected chi connectivity index (χ2v) is 7.85. The summed E-state index contributed by atoms with van der Waals surface area (Å²) >= 11 is 0. The van der Waals surface area contributed by atoms with E-state index in [9.17, 15) is 4.79 Å². The van der Waals surface area contributed by atoms with Crippen LogP contribution in [-0.4, -0.2) is 17.5 Å². The lowest BCUT2D eigenvalue weighted by Crippen LogP contribution is -2.33. The molecule has 3 aliphatic rings. The first-order valence-corrected chi connectivity index (χ1v) is 9.41. The average Bonchev–Trinajstić information content (AvgIpc) is 2.86. The second kappa shape index (κ2) is 6.81. The monoisotopic (exact) mass is 292 g/mol. The number of Topliss-reactive ketones (excluding diaryl/α,β-unsaturated/α-hetero) is 1. The van der Waals surface area contributed by atoms with Crippen molar-refractivity contribution in [3.8, 4) is 0 Å². The van der Waals surface area contributed by atoms with Crippen molar-refractivity contribution >= 4 is 5.78 Å². The summed E-state index contributed by atoms with van der Waals surface area (Å²) in [6, 6.07) is 0. The van der Waals surface area contributed by atoms with Crippen LogP contribution in [0.15, 0.2) is 0 Å². The molecule has 0 bridgehead atoms. The highest BCUT2D eigenvalue weighted by atomic mass is 16.5. The fourth-order valence-corrected chi connectivity index (χ4v) is 5.04. The lowest BCUT2D eigenvalue weighted by atomic mass is 9.76. The fourth-order valence-electron chi connectivity index (χ4n) is 5.04. The standard InChI is InChI=1S/C19H32O2/c1-2-6-15-7-8-18(20)16(13-15)14-17-9-12-19(21-17)10-4-3-5-11-19/h15-17H,2-14H2,1H3. The third-order valence-electron chi connectivity index (χ3n) is 6.22. The highest BCUT2D eigenvalue weighted by molar-refractivity contribution is 5.81. The Labute approximate surface area is 130 Å². The van der Waals surface area contributed by atoms with Crippen molar-refractivity contribution in [2.45, 2.75) is 102 Å². The summed E-state index contributed by atoms with van der Waals surface area (Å²) in [7, 11) is 0. The van der Waals surface area contributed by atoms with Gasteiger partial charge in [0.1, 0.15) is 5.78 Å². The van der Waals surface area contributed by atoms with Crippen molar-refractivity contribution in [2.24, 2.45) is 11.8 Å². The van der Waals surface area contributed by atoms with Crippen molar-refractivity contribution in [1.82, 2.24) is 0 Å². The van der Waals surface area contributed by atoms with Gasteiger partial charge in [-0.25, -0.2) is 0 Å². The summed E-state index contributed by atoms with van der Waals surface area (Å²) in [6.07, 6.45) is 16.1. The molecule has 2 saturated carbocycles. The zero-order chi connectivity index (χ0) is 14.7. The predicted molar refractivity (Wildman–Crippen MR) is 85.3 cm³/mol. The molecule has 0 radical (unpaired) electrons. The van der Waals surface area contributed by atoms with E-state index in [0.29, 0.717) is 17.8 Å². The Hall–Kier alpha value is -0.370. The van der Waals surface area contributed by atoms with Crippen molar-refractivity contribution in [3.63, 3.8) is 0 Å². The van der Waals surface area contributed by atoms with E-state index in [1.807, 2.05) is 0 Å². The van der Waals surface area contributed by atoms with Crippen LogP contribution < -0.4 is 0 Å². The molecule has 3 rings (SSSR count). The molecular formula is C19H32O2. The Morgan fingerprint density at radius 3 is 2.71 bits per heavy atom. The van der Waals surface area contributed by atoms with E-state index in [1.54, 1.807) is 0 Å². The van der Waals surface area contributed by atoms with Crippen LogP contribution in [-0.2, 0) is 9.53 Å². The molecule has 3 unspecified atom stereocenters. The van der Waals surface area contributed by atoms with Gasteiger partial charge < -0.3 is 4.74 Å². The minimum atomic E-state index is 0.212. The summed E-state index contributed by atoms with van der Waals surface area (Å²) in [5, 5.41) is 0. The fraction of sp³-hybridized carbons (Fsp3) is 0.947. The maximum atomic E-state index is 12.2. The number of ketones is 1. The van der Waals surface area contributed by atoms with E-state index >= 15 is 0 Å². The van der Waals surface area contributed by atoms with Gasteiger partial charge >= 0.3 is 0 Å². The highest BCUT2D eigenvalue weighted by Crippen LogP contribution is 2.44. The molecule has 3 atom stereocenters. The molecule has 0 aromatic heterocycles. The second-order valence-electron chi connectivity index (χ2n) is 7.85. The van der Waals surface area contributed by atoms with E-state index in [-0.39, 0.29) is 5.60 Å². The summed E-state index contributed by atoms with van der Waals surface area (Å²) < 4.78 is 6.48. The summed E-state index contributed by atoms with van der Waals surface area (Å²) in [4.78, 5) is 12.2. The quantitative estimate of drug-likeness (QED) is 0.725. The van der Waals surface area contributed by atoms with Crippen LogP contribution >= 0.6 is 0 Å². The minimum Gasteiger partial charge on any atom is -0.372 e. The first-order valence-electron chi connectivity index (χ1n) is 9.41. The molecule has 0 amide bonds. The van der Waals surface area contributed by atoms with Gasteiger partial charge in [-0.3, -0.25) is 4.79 Å². The molecule has 1 saturated heterocycles. The van der Waals surface area contributed by atoms with Crippen LogP contribution in [0.5, 0.6) is 0 Å². The summed E-state index contributed by atoms with van der Waals surface area (Å²) in [6.45, 7) is 2.26. The van der Waals surface area contributed by atoms with Crippen LogP contribution in [0.2, 0.25) is 0 Å². The SMILES string of the molecule is CCCC1CCC(=O)C(CC2CCC3(CCCCC3)O2)C1. The van der Waals surface area contributed by atoms with Crippen LogP contribution in [0.3, 0.4) is 0 Å². The number of rotatable bonds is 4. The summed E-state index contributed by atoms with van der Waals surface area (Å²) in [5.41, 5.74) is 0.212. The minimum absolute atomic E-state index is 0.212. The van der Waals surface area contributed by atoms with Crippen molar-refractivity contribution in [1.29, 1.82) is 0 Å². The molecule has 2 nitrogen and oxygen atoms in total. The third kappa shape index (κ3) is 3.70. The lowest BCUT2D eigenvalue weighted by molar-refractivity contribution is -0.128. The molecule has 1 heterocycles. The number of carbonyl (C=O) groups is 1. The van der Waals surface area contributed by atoms with Crippen molar-refractivity contribution in [3.05, 3.63) is 0 Å². The normalized spacial score (nSPS) is 36.2. The zero-order valence-electron chi connectivity index (χ0n) is 13.7. The average molecular weight is 292 g/mol. The molecule has 2 aliphatic carbocycles. The topological polar surface area (TPSA) is 26.3 Å². The number of hydrogen-bond donors (Lipinski definition) is 0. The maximum Gasteiger partial charge on any atom is 0.136 e. The Morgan fingerprint density at radius 2 is 1.95 bits per heavy atom. The van der Waals surface area contributed by atoms with Gasteiger partial charge in [0.05, 0.1) is 11.7 Å². The summed E-state index contributed by atoms with van der Waals surface area (Å²) in [5.74, 6) is 1.62. The molecule has 0 N–H and O–H groups in total. The first kappa shape index (κ1) is 15.5. The molecule has 120 valence electrons. The molecule has 1 aliphatic heterocycles. The molecule has 0 aromatic carbocycles. The predicted octanol–water partition coefficient (Wildman–Crippen LogP) is 5.04. The van der Waals surface area contributed by atoms with Crippen molar-refractivity contribution in [2.75, 3.05) is 0 Å². The van der Waals surface area contributed by atoms with E-state index < -0.39 is 0 Å². The number of hydrogen-bond acceptors (Lipinski definition) is 2. The lowest BCUT2D eigenvalue weighted by Gasteiger charge is -2.34. The van der Waals surface area contributed by atoms with Gasteiger partial charge in [0, 0.05) is 12.3 Å². The first-order chi connectivity index (χ1) is 10.2. The third-order valence-corrected chi connectivity index (χ3v) is 6.22. The Morgan fingerprint density at radius 1 is 1.14 bits per heavy atom. The zero-order valence-corrected chi connectivity index (χ0v) is 13.7. The van der Waals surface area contributed by atoms with Gasteiger partial charge in [-0.1, -0.05) is 39.0 Å². The molecule has 2 heteroatoms. The molecule has 21 heavy (non-hydrogen) atoms. The smallest absolute Gasteiger partial charge is 0.136 e. The van der Waals surface area contributed by atoms with E-state index in [0.717, 1.165) is 31.6 Å².